The number of hydrogen-bond donors (Lipinski definition) is 1. The van der Waals surface area contributed by atoms with Gasteiger partial charge < -0.3 is 10.5 Å². The zero-order valence-corrected chi connectivity index (χ0v) is 9.52. The Labute approximate surface area is 103 Å². The first-order valence-electron chi connectivity index (χ1n) is 4.91. The Morgan fingerprint density at radius 2 is 1.94 bits per heavy atom. The van der Waals surface area contributed by atoms with Gasteiger partial charge in [-0.2, -0.15) is 4.73 Å². The Hall–Kier alpha value is -2.07. The second kappa shape index (κ2) is 4.84. The van der Waals surface area contributed by atoms with Gasteiger partial charge in [-0.15, -0.1) is 0 Å². The third-order valence-electron chi connectivity index (χ3n) is 2.15. The number of pyridine rings is 1. The average molecular weight is 249 g/mol. The van der Waals surface area contributed by atoms with Crippen molar-refractivity contribution >= 4 is 23.2 Å². The fourth-order valence-electron chi connectivity index (χ4n) is 1.33. The van der Waals surface area contributed by atoms with Crippen LogP contribution in [0.1, 0.15) is 10.4 Å². The molecule has 0 radical (unpaired) electrons. The van der Waals surface area contributed by atoms with E-state index in [-0.39, 0.29) is 5.91 Å². The van der Waals surface area contributed by atoms with Gasteiger partial charge in [0, 0.05) is 22.8 Å². The van der Waals surface area contributed by atoms with E-state index in [0.717, 1.165) is 0 Å². The molecule has 0 aliphatic carbocycles. The molecule has 0 bridgehead atoms. The van der Waals surface area contributed by atoms with E-state index in [1.54, 1.807) is 24.3 Å². The van der Waals surface area contributed by atoms with E-state index >= 15 is 0 Å². The highest BCUT2D eigenvalue weighted by Crippen LogP contribution is 2.15. The predicted molar refractivity (Wildman–Crippen MR) is 64.8 cm³/mol. The molecule has 0 unspecified atom stereocenters. The molecular formula is C12H9ClN2O2. The molecule has 4 nitrogen and oxygen atoms in total. The summed E-state index contributed by atoms with van der Waals surface area (Å²) in [7, 11) is 0. The van der Waals surface area contributed by atoms with Crippen molar-refractivity contribution in [3.05, 3.63) is 64.6 Å². The van der Waals surface area contributed by atoms with Crippen molar-refractivity contribution in [1.82, 2.24) is 0 Å². The fourth-order valence-corrected chi connectivity index (χ4v) is 1.52. The van der Waals surface area contributed by atoms with Gasteiger partial charge in [-0.1, -0.05) is 17.7 Å². The minimum atomic E-state index is -0.284. The highest BCUT2D eigenvalue weighted by atomic mass is 35.5. The molecule has 1 aromatic heterocycles. The monoisotopic (exact) mass is 248 g/mol. The molecule has 0 aliphatic heterocycles. The number of rotatable bonds is 2. The van der Waals surface area contributed by atoms with Crippen molar-refractivity contribution in [2.24, 2.45) is 0 Å². The predicted octanol–water partition coefficient (Wildman–Crippen LogP) is 2.23. The van der Waals surface area contributed by atoms with Crippen LogP contribution in [0.2, 0.25) is 5.02 Å². The second-order valence-corrected chi connectivity index (χ2v) is 3.85. The zero-order valence-electron chi connectivity index (χ0n) is 8.76. The molecule has 17 heavy (non-hydrogen) atoms. The van der Waals surface area contributed by atoms with E-state index in [4.69, 9.17) is 11.6 Å². The number of amides is 1. The average Bonchev–Trinajstić information content (AvgIpc) is 2.29. The van der Waals surface area contributed by atoms with Crippen LogP contribution in [0.15, 0.2) is 48.8 Å². The lowest BCUT2D eigenvalue weighted by Gasteiger charge is -2.05. The summed E-state index contributed by atoms with van der Waals surface area (Å²) in [5.74, 6) is -0.284. The molecule has 1 heterocycles. The number of halogens is 1. The normalized spacial score (nSPS) is 9.94. The largest absolute Gasteiger partial charge is 0.619 e. The van der Waals surface area contributed by atoms with Crippen molar-refractivity contribution in [3.8, 4) is 0 Å². The summed E-state index contributed by atoms with van der Waals surface area (Å²) in [5, 5.41) is 14.0. The molecule has 0 spiro atoms. The quantitative estimate of drug-likeness (QED) is 0.655. The van der Waals surface area contributed by atoms with Crippen LogP contribution in [0.25, 0.3) is 0 Å². The Morgan fingerprint density at radius 1 is 1.24 bits per heavy atom. The Balaban J connectivity index is 2.14. The second-order valence-electron chi connectivity index (χ2n) is 3.41. The van der Waals surface area contributed by atoms with E-state index in [0.29, 0.717) is 21.0 Å². The number of carbonyl (C=O) groups is 1. The maximum absolute atomic E-state index is 11.8. The lowest BCUT2D eigenvalue weighted by molar-refractivity contribution is -0.605. The first-order chi connectivity index (χ1) is 8.15. The lowest BCUT2D eigenvalue weighted by Crippen LogP contribution is -2.25. The summed E-state index contributed by atoms with van der Waals surface area (Å²) < 4.78 is 0.621. The van der Waals surface area contributed by atoms with Crippen LogP contribution in [0.5, 0.6) is 0 Å². The first kappa shape index (κ1) is 11.4. The molecule has 2 rings (SSSR count). The summed E-state index contributed by atoms with van der Waals surface area (Å²) in [6, 6.07) is 9.76. The Bertz CT molecular complexity index is 540. The van der Waals surface area contributed by atoms with Crippen LogP contribution in [0.3, 0.4) is 0 Å². The van der Waals surface area contributed by atoms with Crippen molar-refractivity contribution in [2.45, 2.75) is 0 Å². The highest BCUT2D eigenvalue weighted by molar-refractivity contribution is 6.30. The summed E-state index contributed by atoms with van der Waals surface area (Å²) >= 11 is 5.80. The van der Waals surface area contributed by atoms with Crippen molar-refractivity contribution < 1.29 is 9.52 Å². The van der Waals surface area contributed by atoms with E-state index in [1.165, 1.54) is 24.5 Å². The molecule has 1 aromatic carbocycles. The molecule has 86 valence electrons. The van der Waals surface area contributed by atoms with Crippen LogP contribution in [-0.4, -0.2) is 5.91 Å². The standard InChI is InChI=1S/C12H9ClN2O2/c13-10-2-1-3-11(8-10)14-12(16)9-4-6-15(17)7-5-9/h1-8H,(H,14,16). The van der Waals surface area contributed by atoms with Crippen LogP contribution >= 0.6 is 11.6 Å². The molecule has 1 N–H and O–H groups in total. The van der Waals surface area contributed by atoms with Gasteiger partial charge >= 0.3 is 0 Å². The summed E-state index contributed by atoms with van der Waals surface area (Å²) in [5.41, 5.74) is 1.03. The van der Waals surface area contributed by atoms with Crippen LogP contribution in [-0.2, 0) is 0 Å². The van der Waals surface area contributed by atoms with Gasteiger partial charge in [0.05, 0.1) is 5.56 Å². The van der Waals surface area contributed by atoms with Crippen LogP contribution in [0, 0.1) is 5.21 Å². The van der Waals surface area contributed by atoms with Gasteiger partial charge in [-0.25, -0.2) is 0 Å². The maximum Gasteiger partial charge on any atom is 0.256 e. The molecule has 5 heteroatoms. The molecule has 2 aromatic rings. The van der Waals surface area contributed by atoms with Gasteiger partial charge in [-0.3, -0.25) is 4.79 Å². The third kappa shape index (κ3) is 2.95. The SMILES string of the molecule is O=C(Nc1cccc(Cl)c1)c1cc[n+]([O-])cc1. The van der Waals surface area contributed by atoms with Gasteiger partial charge in [-0.05, 0) is 18.2 Å². The van der Waals surface area contributed by atoms with Gasteiger partial charge in [0.25, 0.3) is 5.91 Å². The zero-order chi connectivity index (χ0) is 12.3. The van der Waals surface area contributed by atoms with Gasteiger partial charge in [0.2, 0.25) is 0 Å². The molecule has 0 saturated carbocycles. The van der Waals surface area contributed by atoms with Crippen LogP contribution in [0.4, 0.5) is 5.69 Å². The van der Waals surface area contributed by atoms with Crippen molar-refractivity contribution in [3.63, 3.8) is 0 Å². The summed E-state index contributed by atoms with van der Waals surface area (Å²) in [6.07, 6.45) is 2.54. The Kier molecular flexibility index (Phi) is 3.25. The number of anilines is 1. The number of benzene rings is 1. The fraction of sp³-hybridized carbons (Fsp3) is 0. The van der Waals surface area contributed by atoms with E-state index < -0.39 is 0 Å². The number of nitrogens with zero attached hydrogens (tertiary/aromatic N) is 1. The number of nitrogens with one attached hydrogen (secondary N) is 1. The smallest absolute Gasteiger partial charge is 0.256 e. The van der Waals surface area contributed by atoms with Gasteiger partial charge in [0.1, 0.15) is 0 Å². The van der Waals surface area contributed by atoms with Gasteiger partial charge in [0.15, 0.2) is 12.4 Å². The molecule has 1 amide bonds. The van der Waals surface area contributed by atoms with Crippen molar-refractivity contribution in [2.75, 3.05) is 5.32 Å². The molecule has 0 aliphatic rings. The lowest BCUT2D eigenvalue weighted by atomic mass is 10.2. The van der Waals surface area contributed by atoms with Crippen molar-refractivity contribution in [1.29, 1.82) is 0 Å². The maximum atomic E-state index is 11.8. The van der Waals surface area contributed by atoms with E-state index in [2.05, 4.69) is 5.32 Å². The first-order valence-corrected chi connectivity index (χ1v) is 5.29. The molecule has 0 atom stereocenters. The highest BCUT2D eigenvalue weighted by Gasteiger charge is 2.07. The number of hydrogen-bond acceptors (Lipinski definition) is 2. The number of aromatic nitrogens is 1. The minimum absolute atomic E-state index is 0.284. The molecule has 0 fully saturated rings. The topological polar surface area (TPSA) is 56.0 Å². The minimum Gasteiger partial charge on any atom is -0.619 e. The Morgan fingerprint density at radius 3 is 2.59 bits per heavy atom. The molecule has 0 saturated heterocycles. The summed E-state index contributed by atoms with van der Waals surface area (Å²) in [6.45, 7) is 0. The molecular weight excluding hydrogens is 240 g/mol. The van der Waals surface area contributed by atoms with E-state index in [9.17, 15) is 10.0 Å². The summed E-state index contributed by atoms with van der Waals surface area (Å²) in [4.78, 5) is 11.8. The third-order valence-corrected chi connectivity index (χ3v) is 2.38. The van der Waals surface area contributed by atoms with Crippen LogP contribution < -0.4 is 10.0 Å². The van der Waals surface area contributed by atoms with E-state index in [1.807, 2.05) is 0 Å². The number of carbonyl (C=O) groups excluding carboxylic acids is 1.